The number of carbonyl (C=O) groups is 2. The highest BCUT2D eigenvalue weighted by molar-refractivity contribution is 7.88. The van der Waals surface area contributed by atoms with Crippen molar-refractivity contribution in [2.45, 2.75) is 45.8 Å². The Bertz CT molecular complexity index is 1010. The average Bonchev–Trinajstić information content (AvgIpc) is 2.78. The zero-order valence-corrected chi connectivity index (χ0v) is 20.1. The van der Waals surface area contributed by atoms with Crippen LogP contribution in [0.15, 0.2) is 54.6 Å². The van der Waals surface area contributed by atoms with E-state index in [-0.39, 0.29) is 19.0 Å². The molecule has 0 unspecified atom stereocenters. The number of nitrogens with one attached hydrogen (secondary N) is 1. The molecule has 9 heteroatoms. The molecule has 0 radical (unpaired) electrons. The zero-order chi connectivity index (χ0) is 24.4. The molecule has 7 nitrogen and oxygen atoms in total. The number of sulfonamides is 1. The summed E-state index contributed by atoms with van der Waals surface area (Å²) in [6.45, 7) is 3.76. The van der Waals surface area contributed by atoms with Gasteiger partial charge in [0, 0.05) is 19.6 Å². The summed E-state index contributed by atoms with van der Waals surface area (Å²) in [6.07, 6.45) is 2.77. The highest BCUT2D eigenvalue weighted by atomic mass is 32.2. The minimum atomic E-state index is -3.70. The van der Waals surface area contributed by atoms with Crippen LogP contribution in [0.2, 0.25) is 0 Å². The molecule has 0 saturated heterocycles. The van der Waals surface area contributed by atoms with Crippen molar-refractivity contribution in [3.05, 3.63) is 71.5 Å². The summed E-state index contributed by atoms with van der Waals surface area (Å²) in [6, 6.07) is 13.8. The van der Waals surface area contributed by atoms with Crippen LogP contribution >= 0.6 is 0 Å². The van der Waals surface area contributed by atoms with E-state index in [1.807, 2.05) is 13.0 Å². The molecule has 2 rings (SSSR count). The number of benzene rings is 2. The molecule has 0 saturated carbocycles. The van der Waals surface area contributed by atoms with E-state index in [0.29, 0.717) is 12.1 Å². The monoisotopic (exact) mass is 477 g/mol. The van der Waals surface area contributed by atoms with Gasteiger partial charge in [0.2, 0.25) is 21.8 Å². The fourth-order valence-electron chi connectivity index (χ4n) is 3.22. The van der Waals surface area contributed by atoms with Crippen molar-refractivity contribution in [3.8, 4) is 0 Å². The Labute approximate surface area is 195 Å². The molecule has 0 fully saturated rings. The lowest BCUT2D eigenvalue weighted by Gasteiger charge is -2.31. The first-order valence-electron chi connectivity index (χ1n) is 10.9. The van der Waals surface area contributed by atoms with Gasteiger partial charge in [-0.15, -0.1) is 0 Å². The van der Waals surface area contributed by atoms with E-state index in [1.54, 1.807) is 31.2 Å². The minimum Gasteiger partial charge on any atom is -0.354 e. The van der Waals surface area contributed by atoms with Gasteiger partial charge >= 0.3 is 0 Å². The van der Waals surface area contributed by atoms with Gasteiger partial charge in [-0.1, -0.05) is 55.8 Å². The lowest BCUT2D eigenvalue weighted by atomic mass is 10.1. The van der Waals surface area contributed by atoms with Crippen molar-refractivity contribution in [2.75, 3.05) is 19.3 Å². The Morgan fingerprint density at radius 1 is 1.00 bits per heavy atom. The molecule has 0 spiro atoms. The van der Waals surface area contributed by atoms with E-state index in [0.717, 1.165) is 29.0 Å². The Kier molecular flexibility index (Phi) is 9.99. The first-order chi connectivity index (χ1) is 15.6. The van der Waals surface area contributed by atoms with Gasteiger partial charge in [0.05, 0.1) is 12.8 Å². The van der Waals surface area contributed by atoms with Crippen LogP contribution in [-0.2, 0) is 32.7 Å². The summed E-state index contributed by atoms with van der Waals surface area (Å²) in [7, 11) is -3.70. The van der Waals surface area contributed by atoms with Crippen LogP contribution in [-0.4, -0.2) is 54.8 Å². The molecule has 0 aliphatic heterocycles. The van der Waals surface area contributed by atoms with Crippen molar-refractivity contribution in [1.82, 2.24) is 14.5 Å². The second kappa shape index (κ2) is 12.5. The molecule has 2 aromatic carbocycles. The highest BCUT2D eigenvalue weighted by Crippen LogP contribution is 2.14. The lowest BCUT2D eigenvalue weighted by Crippen LogP contribution is -2.51. The summed E-state index contributed by atoms with van der Waals surface area (Å²) in [5.74, 6) is -1.25. The Morgan fingerprint density at radius 2 is 1.61 bits per heavy atom. The summed E-state index contributed by atoms with van der Waals surface area (Å²) < 4.78 is 39.2. The number of hydrogen-bond donors (Lipinski definition) is 1. The molecule has 33 heavy (non-hydrogen) atoms. The van der Waals surface area contributed by atoms with Crippen LogP contribution in [0, 0.1) is 5.82 Å². The van der Waals surface area contributed by atoms with Crippen molar-refractivity contribution < 1.29 is 22.4 Å². The first-order valence-corrected chi connectivity index (χ1v) is 12.8. The Balaban J connectivity index is 2.25. The van der Waals surface area contributed by atoms with Gasteiger partial charge in [-0.2, -0.15) is 4.31 Å². The fourth-order valence-corrected chi connectivity index (χ4v) is 3.95. The van der Waals surface area contributed by atoms with E-state index in [1.165, 1.54) is 29.2 Å². The third-order valence-electron chi connectivity index (χ3n) is 5.25. The van der Waals surface area contributed by atoms with Gasteiger partial charge in [0.1, 0.15) is 11.9 Å². The third kappa shape index (κ3) is 8.58. The second-order valence-corrected chi connectivity index (χ2v) is 9.97. The molecular formula is C24H32FN3O4S. The largest absolute Gasteiger partial charge is 0.354 e. The van der Waals surface area contributed by atoms with Crippen LogP contribution in [0.5, 0.6) is 0 Å². The number of nitrogens with zero attached hydrogens (tertiary/aromatic N) is 2. The smallest absolute Gasteiger partial charge is 0.242 e. The lowest BCUT2D eigenvalue weighted by molar-refractivity contribution is -0.140. The molecular weight excluding hydrogens is 445 g/mol. The standard InChI is InChI=1S/C24H32FN3O4S/c1-4-5-15-26-24(30)19(2)28(17-21-11-13-22(25)14-12-21)23(29)18-27(33(3,31)32)16-20-9-7-6-8-10-20/h6-14,19H,4-5,15-18H2,1-3H3,(H,26,30)/t19-/m0/s1. The third-order valence-corrected chi connectivity index (χ3v) is 6.44. The summed E-state index contributed by atoms with van der Waals surface area (Å²) in [5, 5.41) is 2.81. The summed E-state index contributed by atoms with van der Waals surface area (Å²) >= 11 is 0. The fraction of sp³-hybridized carbons (Fsp3) is 0.417. The number of hydrogen-bond acceptors (Lipinski definition) is 4. The first kappa shape index (κ1) is 26.5. The molecule has 0 aliphatic rings. The van der Waals surface area contributed by atoms with Gasteiger partial charge in [-0.3, -0.25) is 9.59 Å². The maximum atomic E-state index is 13.3. The van der Waals surface area contributed by atoms with E-state index in [4.69, 9.17) is 0 Å². The zero-order valence-electron chi connectivity index (χ0n) is 19.3. The summed E-state index contributed by atoms with van der Waals surface area (Å²) in [5.41, 5.74) is 1.37. The van der Waals surface area contributed by atoms with Gasteiger partial charge in [-0.05, 0) is 36.6 Å². The number of amides is 2. The van der Waals surface area contributed by atoms with Gasteiger partial charge < -0.3 is 10.2 Å². The molecule has 0 aromatic heterocycles. The predicted octanol–water partition coefficient (Wildman–Crippen LogP) is 2.92. The van der Waals surface area contributed by atoms with Crippen LogP contribution < -0.4 is 5.32 Å². The number of unbranched alkanes of at least 4 members (excludes halogenated alkanes) is 1. The normalized spacial score (nSPS) is 12.4. The minimum absolute atomic E-state index is 0.0346. The van der Waals surface area contributed by atoms with Crippen molar-refractivity contribution in [1.29, 1.82) is 0 Å². The van der Waals surface area contributed by atoms with E-state index >= 15 is 0 Å². The molecule has 180 valence electrons. The van der Waals surface area contributed by atoms with Gasteiger partial charge in [-0.25, -0.2) is 12.8 Å². The maximum Gasteiger partial charge on any atom is 0.242 e. The molecule has 0 aliphatic carbocycles. The van der Waals surface area contributed by atoms with E-state index in [9.17, 15) is 22.4 Å². The molecule has 1 N–H and O–H groups in total. The maximum absolute atomic E-state index is 13.3. The van der Waals surface area contributed by atoms with Crippen LogP contribution in [0.25, 0.3) is 0 Å². The second-order valence-electron chi connectivity index (χ2n) is 7.99. The Morgan fingerprint density at radius 3 is 2.18 bits per heavy atom. The van der Waals surface area contributed by atoms with Crippen molar-refractivity contribution in [3.63, 3.8) is 0 Å². The Hall–Kier alpha value is -2.78. The van der Waals surface area contributed by atoms with E-state index < -0.39 is 34.3 Å². The van der Waals surface area contributed by atoms with Crippen LogP contribution in [0.4, 0.5) is 4.39 Å². The van der Waals surface area contributed by atoms with Gasteiger partial charge in [0.15, 0.2) is 0 Å². The molecule has 0 bridgehead atoms. The number of halogens is 1. The van der Waals surface area contributed by atoms with Crippen LogP contribution in [0.3, 0.4) is 0 Å². The quantitative estimate of drug-likeness (QED) is 0.476. The molecule has 1 atom stereocenters. The average molecular weight is 478 g/mol. The summed E-state index contributed by atoms with van der Waals surface area (Å²) in [4.78, 5) is 27.3. The SMILES string of the molecule is CCCCNC(=O)[C@H](C)N(Cc1ccc(F)cc1)C(=O)CN(Cc1ccccc1)S(C)(=O)=O. The van der Waals surface area contributed by atoms with Crippen LogP contribution in [0.1, 0.15) is 37.8 Å². The molecule has 2 amide bonds. The van der Waals surface area contributed by atoms with Gasteiger partial charge in [0.25, 0.3) is 0 Å². The highest BCUT2D eigenvalue weighted by Gasteiger charge is 2.29. The number of carbonyl (C=O) groups excluding carboxylic acids is 2. The predicted molar refractivity (Wildman–Crippen MR) is 126 cm³/mol. The van der Waals surface area contributed by atoms with Crippen molar-refractivity contribution in [2.24, 2.45) is 0 Å². The molecule has 2 aromatic rings. The van der Waals surface area contributed by atoms with E-state index in [2.05, 4.69) is 5.32 Å². The van der Waals surface area contributed by atoms with Crippen molar-refractivity contribution >= 4 is 21.8 Å². The molecule has 0 heterocycles. The topological polar surface area (TPSA) is 86.8 Å². The number of rotatable bonds is 12.